The molecule has 0 aromatic heterocycles. The van der Waals surface area contributed by atoms with E-state index in [0.717, 1.165) is 36.9 Å². The molecule has 1 saturated heterocycles. The smallest absolute Gasteiger partial charge is 0.0410 e. The Morgan fingerprint density at radius 3 is 2.89 bits per heavy atom. The first-order chi connectivity index (χ1) is 8.60. The predicted molar refractivity (Wildman–Crippen MR) is 79.4 cm³/mol. The molecular weight excluding hydrogens is 244 g/mol. The second-order valence-corrected chi connectivity index (χ2v) is 5.92. The number of benzene rings is 1. The fourth-order valence-electron chi connectivity index (χ4n) is 2.61. The lowest BCUT2D eigenvalue weighted by Crippen LogP contribution is -2.25. The molecule has 2 atom stereocenters. The molecule has 0 saturated carbocycles. The van der Waals surface area contributed by atoms with Gasteiger partial charge in [-0.25, -0.2) is 0 Å². The summed E-state index contributed by atoms with van der Waals surface area (Å²) in [6.07, 6.45) is 3.20. The van der Waals surface area contributed by atoms with Crippen LogP contribution in [0.5, 0.6) is 0 Å². The maximum Gasteiger partial charge on any atom is 0.0410 e. The van der Waals surface area contributed by atoms with Crippen molar-refractivity contribution in [2.45, 2.75) is 39.2 Å². The van der Waals surface area contributed by atoms with Crippen LogP contribution in [0.15, 0.2) is 18.2 Å². The SMILES string of the molecule is CCC(N)Cc1cc(Cl)ccc1N1CCC(C)C1. The van der Waals surface area contributed by atoms with Gasteiger partial charge in [0.2, 0.25) is 0 Å². The first-order valence-electron chi connectivity index (χ1n) is 6.89. The standard InChI is InChI=1S/C15H23ClN2/c1-3-14(17)9-12-8-13(16)4-5-15(12)18-7-6-11(2)10-18/h4-5,8,11,14H,3,6-7,9-10,17H2,1-2H3. The highest BCUT2D eigenvalue weighted by molar-refractivity contribution is 6.30. The summed E-state index contributed by atoms with van der Waals surface area (Å²) in [5.74, 6) is 0.786. The van der Waals surface area contributed by atoms with Crippen molar-refractivity contribution in [1.82, 2.24) is 0 Å². The highest BCUT2D eigenvalue weighted by Gasteiger charge is 2.21. The second-order valence-electron chi connectivity index (χ2n) is 5.49. The lowest BCUT2D eigenvalue weighted by atomic mass is 10.0. The lowest BCUT2D eigenvalue weighted by Gasteiger charge is -2.23. The van der Waals surface area contributed by atoms with Gasteiger partial charge < -0.3 is 10.6 Å². The van der Waals surface area contributed by atoms with Gasteiger partial charge in [0.05, 0.1) is 0 Å². The Labute approximate surface area is 115 Å². The number of rotatable bonds is 4. The highest BCUT2D eigenvalue weighted by atomic mass is 35.5. The summed E-state index contributed by atoms with van der Waals surface area (Å²) in [5, 5.41) is 0.810. The monoisotopic (exact) mass is 266 g/mol. The van der Waals surface area contributed by atoms with Crippen LogP contribution in [0.1, 0.15) is 32.3 Å². The van der Waals surface area contributed by atoms with E-state index in [2.05, 4.69) is 30.9 Å². The van der Waals surface area contributed by atoms with Crippen LogP contribution in [0.4, 0.5) is 5.69 Å². The van der Waals surface area contributed by atoms with E-state index < -0.39 is 0 Å². The van der Waals surface area contributed by atoms with E-state index in [-0.39, 0.29) is 6.04 Å². The normalized spacial score (nSPS) is 21.3. The summed E-state index contributed by atoms with van der Waals surface area (Å²) >= 11 is 6.12. The van der Waals surface area contributed by atoms with Crippen LogP contribution in [0.2, 0.25) is 5.02 Å². The maximum atomic E-state index is 6.12. The molecule has 18 heavy (non-hydrogen) atoms. The number of hydrogen-bond donors (Lipinski definition) is 1. The molecule has 1 aliphatic rings. The van der Waals surface area contributed by atoms with Crippen molar-refractivity contribution in [2.75, 3.05) is 18.0 Å². The summed E-state index contributed by atoms with van der Waals surface area (Å²) in [6.45, 7) is 6.74. The Morgan fingerprint density at radius 1 is 1.50 bits per heavy atom. The Balaban J connectivity index is 2.22. The molecule has 1 aromatic carbocycles. The van der Waals surface area contributed by atoms with Gasteiger partial charge in [-0.2, -0.15) is 0 Å². The Kier molecular flexibility index (Phi) is 4.52. The molecule has 1 aliphatic heterocycles. The molecule has 2 nitrogen and oxygen atoms in total. The van der Waals surface area contributed by atoms with Crippen molar-refractivity contribution in [2.24, 2.45) is 11.7 Å². The highest BCUT2D eigenvalue weighted by Crippen LogP contribution is 2.30. The van der Waals surface area contributed by atoms with Gasteiger partial charge in [-0.15, -0.1) is 0 Å². The van der Waals surface area contributed by atoms with E-state index in [4.69, 9.17) is 17.3 Å². The fourth-order valence-corrected chi connectivity index (χ4v) is 2.80. The van der Waals surface area contributed by atoms with Gasteiger partial charge in [-0.05, 0) is 48.9 Å². The molecule has 100 valence electrons. The molecule has 2 N–H and O–H groups in total. The van der Waals surface area contributed by atoms with Crippen LogP contribution in [-0.2, 0) is 6.42 Å². The van der Waals surface area contributed by atoms with Gasteiger partial charge in [0.25, 0.3) is 0 Å². The van der Waals surface area contributed by atoms with Crippen LogP contribution < -0.4 is 10.6 Å². The van der Waals surface area contributed by atoms with Crippen LogP contribution in [0, 0.1) is 5.92 Å². The summed E-state index contributed by atoms with van der Waals surface area (Å²) in [6, 6.07) is 6.44. The van der Waals surface area contributed by atoms with E-state index in [1.165, 1.54) is 17.7 Å². The van der Waals surface area contributed by atoms with E-state index in [1.807, 2.05) is 6.07 Å². The third-order valence-electron chi connectivity index (χ3n) is 3.81. The van der Waals surface area contributed by atoms with E-state index >= 15 is 0 Å². The molecule has 2 unspecified atom stereocenters. The second kappa shape index (κ2) is 5.94. The zero-order valence-electron chi connectivity index (χ0n) is 11.3. The van der Waals surface area contributed by atoms with Crippen LogP contribution >= 0.6 is 11.6 Å². The largest absolute Gasteiger partial charge is 0.371 e. The van der Waals surface area contributed by atoms with E-state index in [1.54, 1.807) is 0 Å². The topological polar surface area (TPSA) is 29.3 Å². The Morgan fingerprint density at radius 2 is 2.28 bits per heavy atom. The fraction of sp³-hybridized carbons (Fsp3) is 0.600. The Hall–Kier alpha value is -0.730. The molecule has 1 aromatic rings. The van der Waals surface area contributed by atoms with Crippen LogP contribution in [0.3, 0.4) is 0 Å². The van der Waals surface area contributed by atoms with Crippen molar-refractivity contribution < 1.29 is 0 Å². The first kappa shape index (κ1) is 13.7. The average molecular weight is 267 g/mol. The van der Waals surface area contributed by atoms with Gasteiger partial charge in [-0.1, -0.05) is 25.4 Å². The number of anilines is 1. The van der Waals surface area contributed by atoms with E-state index in [9.17, 15) is 0 Å². The third-order valence-corrected chi connectivity index (χ3v) is 4.05. The zero-order chi connectivity index (χ0) is 13.1. The molecule has 3 heteroatoms. The van der Waals surface area contributed by atoms with Crippen molar-refractivity contribution in [3.05, 3.63) is 28.8 Å². The quantitative estimate of drug-likeness (QED) is 0.904. The van der Waals surface area contributed by atoms with Gasteiger partial charge in [0.15, 0.2) is 0 Å². The minimum Gasteiger partial charge on any atom is -0.371 e. The molecule has 0 amide bonds. The minimum absolute atomic E-state index is 0.224. The molecule has 2 rings (SSSR count). The van der Waals surface area contributed by atoms with Crippen molar-refractivity contribution in [1.29, 1.82) is 0 Å². The maximum absolute atomic E-state index is 6.12. The van der Waals surface area contributed by atoms with Gasteiger partial charge in [0, 0.05) is 29.8 Å². The summed E-state index contributed by atoms with van der Waals surface area (Å²) < 4.78 is 0. The van der Waals surface area contributed by atoms with Gasteiger partial charge >= 0.3 is 0 Å². The zero-order valence-corrected chi connectivity index (χ0v) is 12.1. The van der Waals surface area contributed by atoms with Crippen molar-refractivity contribution in [3.8, 4) is 0 Å². The summed E-state index contributed by atoms with van der Waals surface area (Å²) in [4.78, 5) is 2.47. The molecule has 0 radical (unpaired) electrons. The number of nitrogens with two attached hydrogens (primary N) is 1. The molecule has 1 heterocycles. The van der Waals surface area contributed by atoms with Crippen LogP contribution in [-0.4, -0.2) is 19.1 Å². The average Bonchev–Trinajstić information content (AvgIpc) is 2.75. The Bertz CT molecular complexity index is 405. The van der Waals surface area contributed by atoms with Crippen molar-refractivity contribution >= 4 is 17.3 Å². The van der Waals surface area contributed by atoms with Gasteiger partial charge in [-0.3, -0.25) is 0 Å². The molecule has 0 aliphatic carbocycles. The predicted octanol–water partition coefficient (Wildman–Crippen LogP) is 3.47. The lowest BCUT2D eigenvalue weighted by molar-refractivity contribution is 0.643. The molecular formula is C15H23ClN2. The van der Waals surface area contributed by atoms with Crippen molar-refractivity contribution in [3.63, 3.8) is 0 Å². The van der Waals surface area contributed by atoms with Gasteiger partial charge in [0.1, 0.15) is 0 Å². The number of nitrogens with zero attached hydrogens (tertiary/aromatic N) is 1. The first-order valence-corrected chi connectivity index (χ1v) is 7.27. The molecule has 1 fully saturated rings. The number of hydrogen-bond acceptors (Lipinski definition) is 2. The van der Waals surface area contributed by atoms with Crippen LogP contribution in [0.25, 0.3) is 0 Å². The molecule has 0 spiro atoms. The third kappa shape index (κ3) is 3.18. The molecule has 0 bridgehead atoms. The summed E-state index contributed by atoms with van der Waals surface area (Å²) in [7, 11) is 0. The van der Waals surface area contributed by atoms with E-state index in [0.29, 0.717) is 0 Å². The minimum atomic E-state index is 0.224. The summed E-state index contributed by atoms with van der Waals surface area (Å²) in [5.41, 5.74) is 8.71. The number of halogens is 1.